The fraction of sp³-hybridized carbons (Fsp3) is 0.250. The molecule has 0 aliphatic carbocycles. The van der Waals surface area contributed by atoms with Gasteiger partial charge in [-0.15, -0.1) is 69.1 Å². The summed E-state index contributed by atoms with van der Waals surface area (Å²) in [6, 6.07) is 40.2. The van der Waals surface area contributed by atoms with Crippen molar-refractivity contribution in [3.8, 4) is 22.3 Å². The molecule has 6 aromatic carbocycles. The number of halogens is 2. The van der Waals surface area contributed by atoms with E-state index in [4.69, 9.17) is 17.0 Å². The molecule has 226 valence electrons. The Balaban J connectivity index is 0.000000204. The van der Waals surface area contributed by atoms with Gasteiger partial charge >= 0.3 is 37.9 Å². The number of rotatable bonds is 6. The molecule has 0 spiro atoms. The first-order valence-corrected chi connectivity index (χ1v) is 23.8. The van der Waals surface area contributed by atoms with E-state index in [1.54, 1.807) is 0 Å². The van der Waals surface area contributed by atoms with E-state index in [2.05, 4.69) is 150 Å². The molecule has 0 amide bonds. The maximum atomic E-state index is 4.93. The Morgan fingerprint density at radius 3 is 1.25 bits per heavy atom. The van der Waals surface area contributed by atoms with Gasteiger partial charge in [0, 0.05) is 9.52 Å². The van der Waals surface area contributed by atoms with Crippen LogP contribution >= 0.6 is 17.0 Å². The Labute approximate surface area is 287 Å². The molecule has 0 unspecified atom stereocenters. The molecule has 0 fully saturated rings. The molecule has 0 atom stereocenters. The number of hydrogen-bond donors (Lipinski definition) is 0. The molecule has 4 heteroatoms. The van der Waals surface area contributed by atoms with Crippen LogP contribution in [-0.4, -0.2) is 9.52 Å². The number of hydrogen-bond acceptors (Lipinski definition) is 0. The summed E-state index contributed by atoms with van der Waals surface area (Å²) in [6.07, 6.45) is 4.75. The average Bonchev–Trinajstić information content (AvgIpc) is 3.63. The van der Waals surface area contributed by atoms with E-state index in [1.165, 1.54) is 91.7 Å². The summed E-state index contributed by atoms with van der Waals surface area (Å²) in [4.78, 5) is 0. The van der Waals surface area contributed by atoms with Crippen molar-refractivity contribution >= 4 is 48.1 Å². The number of aryl methyl sites for hydroxylation is 4. The van der Waals surface area contributed by atoms with Gasteiger partial charge < -0.3 is 0 Å². The quantitative estimate of drug-likeness (QED) is 0.119. The van der Waals surface area contributed by atoms with Gasteiger partial charge in [0.2, 0.25) is 0 Å². The van der Waals surface area contributed by atoms with Crippen molar-refractivity contribution in [2.75, 3.05) is 0 Å². The molecule has 2 radical (unpaired) electrons. The summed E-state index contributed by atoms with van der Waals surface area (Å²) >= 11 is -0.826. The fourth-order valence-corrected chi connectivity index (χ4v) is 5.43. The molecule has 6 aromatic rings. The summed E-state index contributed by atoms with van der Waals surface area (Å²) in [5.41, 5.74) is 10.8. The number of benzene rings is 4. The molecule has 0 aliphatic heterocycles. The van der Waals surface area contributed by atoms with Gasteiger partial charge in [-0.2, -0.15) is 12.1 Å². The Bertz CT molecular complexity index is 1550. The molecule has 0 nitrogen and oxygen atoms in total. The molecule has 0 aromatic heterocycles. The molecular weight excluding hydrogens is 671 g/mol. The first-order valence-electron chi connectivity index (χ1n) is 15.4. The summed E-state index contributed by atoms with van der Waals surface area (Å²) in [7, 11) is 11.0. The van der Waals surface area contributed by atoms with Crippen LogP contribution in [0.1, 0.15) is 48.9 Å². The summed E-state index contributed by atoms with van der Waals surface area (Å²) < 4.78 is 0. The summed E-state index contributed by atoms with van der Waals surface area (Å²) in [6.45, 7) is 13.0. The average molecular weight is 715 g/mol. The van der Waals surface area contributed by atoms with Crippen LogP contribution in [0.5, 0.6) is 0 Å². The third-order valence-electron chi connectivity index (χ3n) is 7.42. The molecule has 0 N–H and O–H groups in total. The molecule has 0 saturated heterocycles. The van der Waals surface area contributed by atoms with Crippen LogP contribution in [0.2, 0.25) is 13.1 Å². The second-order valence-electron chi connectivity index (χ2n) is 11.1. The van der Waals surface area contributed by atoms with Crippen LogP contribution < -0.4 is 0 Å². The van der Waals surface area contributed by atoms with Crippen molar-refractivity contribution in [1.29, 1.82) is 0 Å². The third kappa shape index (κ3) is 10.4. The van der Waals surface area contributed by atoms with E-state index in [9.17, 15) is 0 Å². The van der Waals surface area contributed by atoms with Crippen LogP contribution in [0.4, 0.5) is 0 Å². The van der Waals surface area contributed by atoms with Crippen LogP contribution in [-0.2, 0) is 33.7 Å². The zero-order valence-corrected chi connectivity index (χ0v) is 31.9. The predicted molar refractivity (Wildman–Crippen MR) is 197 cm³/mol. The van der Waals surface area contributed by atoms with Crippen molar-refractivity contribution < 1.29 is 20.8 Å². The van der Waals surface area contributed by atoms with Gasteiger partial charge in [0.1, 0.15) is 0 Å². The maximum absolute atomic E-state index is 4.93. The van der Waals surface area contributed by atoms with E-state index < -0.39 is 20.8 Å². The molecule has 0 aliphatic rings. The Hall–Kier alpha value is -2.22. The summed E-state index contributed by atoms with van der Waals surface area (Å²) in [5, 5.41) is 5.49. The molecule has 0 saturated carbocycles. The second-order valence-corrected chi connectivity index (χ2v) is 15.9. The van der Waals surface area contributed by atoms with Gasteiger partial charge in [-0.1, -0.05) is 123 Å². The fourth-order valence-electron chi connectivity index (χ4n) is 5.43. The predicted octanol–water partition coefficient (Wildman–Crippen LogP) is 13.1. The minimum absolute atomic E-state index is 0.826. The van der Waals surface area contributed by atoms with Crippen molar-refractivity contribution in [3.05, 3.63) is 131 Å². The molecule has 6 rings (SSSR count). The SMILES string of the molecule is CCCc1cc2c(-c3ccc(C)cc3)cccc2[cH-]1.CCCc1cc2c(-c3ccc(C)cc3)cccc2[cH-]1.C[Si]C.[Cl][Zr+2][Cl]. The molecule has 44 heavy (non-hydrogen) atoms. The third-order valence-corrected chi connectivity index (χ3v) is 7.42. The van der Waals surface area contributed by atoms with Crippen LogP contribution in [0.3, 0.4) is 0 Å². The van der Waals surface area contributed by atoms with E-state index in [-0.39, 0.29) is 0 Å². The second kappa shape index (κ2) is 19.3. The Morgan fingerprint density at radius 2 is 0.932 bits per heavy atom. The van der Waals surface area contributed by atoms with Crippen LogP contribution in [0, 0.1) is 13.8 Å². The number of fused-ring (bicyclic) bond motifs is 2. The zero-order valence-electron chi connectivity index (χ0n) is 27.0. The van der Waals surface area contributed by atoms with Gasteiger partial charge in [-0.3, -0.25) is 0 Å². The van der Waals surface area contributed by atoms with Crippen molar-refractivity contribution in [2.24, 2.45) is 0 Å². The van der Waals surface area contributed by atoms with E-state index in [0.29, 0.717) is 0 Å². The van der Waals surface area contributed by atoms with Gasteiger partial charge in [0.05, 0.1) is 0 Å². The molecular formula is C40H44Cl2SiZr. The van der Waals surface area contributed by atoms with Gasteiger partial charge in [0.25, 0.3) is 0 Å². The minimum atomic E-state index is -0.826. The standard InChI is InChI=1S/2C19H19.C2H6Si.2ClH.Zr/c2*1-3-5-15-12-17-6-4-7-18(19(17)13-15)16-10-8-14(2)9-11-16;1-3-2;;;/h2*4,6-13H,3,5H2,1-2H3;1-2H3;2*1H;/q2*-1;;;;+4/p-2. The van der Waals surface area contributed by atoms with Crippen molar-refractivity contribution in [3.63, 3.8) is 0 Å². The van der Waals surface area contributed by atoms with Gasteiger partial charge in [0.15, 0.2) is 0 Å². The van der Waals surface area contributed by atoms with E-state index in [0.717, 1.165) is 9.52 Å². The van der Waals surface area contributed by atoms with Gasteiger partial charge in [-0.05, 0) is 37.8 Å². The normalized spacial score (nSPS) is 10.2. The van der Waals surface area contributed by atoms with E-state index in [1.807, 2.05) is 0 Å². The summed E-state index contributed by atoms with van der Waals surface area (Å²) in [5.74, 6) is 0. The van der Waals surface area contributed by atoms with Crippen molar-refractivity contribution in [2.45, 2.75) is 66.5 Å². The van der Waals surface area contributed by atoms with Gasteiger partial charge in [-0.25, -0.2) is 0 Å². The first-order chi connectivity index (χ1) is 21.4. The van der Waals surface area contributed by atoms with E-state index >= 15 is 0 Å². The van der Waals surface area contributed by atoms with Crippen LogP contribution in [0.15, 0.2) is 109 Å². The topological polar surface area (TPSA) is 0 Å². The molecule has 0 bridgehead atoms. The molecule has 0 heterocycles. The Kier molecular flexibility index (Phi) is 15.9. The Morgan fingerprint density at radius 1 is 0.591 bits per heavy atom. The van der Waals surface area contributed by atoms with Crippen LogP contribution in [0.25, 0.3) is 43.8 Å². The first kappa shape index (κ1) is 36.3. The zero-order chi connectivity index (χ0) is 31.9. The monoisotopic (exact) mass is 712 g/mol. The van der Waals surface area contributed by atoms with Crippen molar-refractivity contribution in [1.82, 2.24) is 0 Å².